The van der Waals surface area contributed by atoms with Crippen LogP contribution in [-0.2, 0) is 10.0 Å². The van der Waals surface area contributed by atoms with Crippen molar-refractivity contribution in [1.29, 1.82) is 0 Å². The number of rotatable bonds is 4. The molecule has 0 radical (unpaired) electrons. The summed E-state index contributed by atoms with van der Waals surface area (Å²) in [5, 5.41) is 0. The van der Waals surface area contributed by atoms with E-state index in [0.717, 1.165) is 24.3 Å². The van der Waals surface area contributed by atoms with E-state index in [1.54, 1.807) is 18.3 Å². The van der Waals surface area contributed by atoms with Gasteiger partial charge >= 0.3 is 0 Å². The highest BCUT2D eigenvalue weighted by Crippen LogP contribution is 2.60. The summed E-state index contributed by atoms with van der Waals surface area (Å²) in [6, 6.07) is 0. The van der Waals surface area contributed by atoms with Gasteiger partial charge in [-0.25, -0.2) is 12.7 Å². The Morgan fingerprint density at radius 1 is 1.06 bits per heavy atom. The second kappa shape index (κ2) is 4.20. The van der Waals surface area contributed by atoms with Crippen molar-refractivity contribution in [3.63, 3.8) is 0 Å². The smallest absolute Gasteiger partial charge is 0.212 e. The number of hydrogen-bond donors (Lipinski definition) is 0. The van der Waals surface area contributed by atoms with Crippen molar-refractivity contribution in [3.05, 3.63) is 0 Å². The first kappa shape index (κ1) is 12.9. The van der Waals surface area contributed by atoms with E-state index in [-0.39, 0.29) is 5.75 Å². The second-order valence-corrected chi connectivity index (χ2v) is 9.44. The molecule has 4 saturated carbocycles. The van der Waals surface area contributed by atoms with Gasteiger partial charge < -0.3 is 0 Å². The lowest BCUT2D eigenvalue weighted by Crippen LogP contribution is -2.51. The van der Waals surface area contributed by atoms with Crippen LogP contribution in [0.25, 0.3) is 0 Å². The predicted molar refractivity (Wildman–Crippen MR) is 72.7 cm³/mol. The van der Waals surface area contributed by atoms with Gasteiger partial charge in [-0.1, -0.05) is 0 Å². The predicted octanol–water partition coefficient (Wildman–Crippen LogP) is 2.48. The van der Waals surface area contributed by atoms with Gasteiger partial charge in [0.2, 0.25) is 10.0 Å². The van der Waals surface area contributed by atoms with Crippen molar-refractivity contribution in [3.8, 4) is 0 Å². The van der Waals surface area contributed by atoms with E-state index in [2.05, 4.69) is 0 Å². The summed E-state index contributed by atoms with van der Waals surface area (Å²) in [7, 11) is -1.23. The first-order valence-corrected chi connectivity index (χ1v) is 8.97. The molecule has 4 aliphatic rings. The molecule has 4 rings (SSSR count). The van der Waals surface area contributed by atoms with Gasteiger partial charge in [-0.2, -0.15) is 0 Å². The van der Waals surface area contributed by atoms with Crippen LogP contribution in [0, 0.1) is 23.2 Å². The molecule has 0 spiro atoms. The molecule has 0 aromatic carbocycles. The molecule has 3 nitrogen and oxygen atoms in total. The quantitative estimate of drug-likeness (QED) is 0.788. The van der Waals surface area contributed by atoms with Crippen LogP contribution in [0.3, 0.4) is 0 Å². The standard InChI is InChI=1S/C14H25NO2S/c1-3-18(16,17)15(2)10-14-7-11-4-12(8-14)6-13(5-11)9-14/h11-13H,3-10H2,1-2H3. The third-order valence-corrected chi connectivity index (χ3v) is 7.37. The molecule has 4 heteroatoms. The highest BCUT2D eigenvalue weighted by Gasteiger charge is 2.51. The average molecular weight is 271 g/mol. The largest absolute Gasteiger partial charge is 0.213 e. The van der Waals surface area contributed by atoms with E-state index < -0.39 is 10.0 Å². The van der Waals surface area contributed by atoms with E-state index in [0.29, 0.717) is 5.41 Å². The number of hydrogen-bond acceptors (Lipinski definition) is 2. The van der Waals surface area contributed by atoms with Crippen molar-refractivity contribution in [2.75, 3.05) is 19.3 Å². The molecule has 0 atom stereocenters. The van der Waals surface area contributed by atoms with Crippen LogP contribution >= 0.6 is 0 Å². The van der Waals surface area contributed by atoms with Crippen molar-refractivity contribution >= 4 is 10.0 Å². The Morgan fingerprint density at radius 3 is 1.89 bits per heavy atom. The fourth-order valence-electron chi connectivity index (χ4n) is 5.27. The minimum atomic E-state index is -3.01. The number of nitrogens with zero attached hydrogens (tertiary/aromatic N) is 1. The van der Waals surface area contributed by atoms with Gasteiger partial charge in [-0.05, 0) is 68.6 Å². The summed E-state index contributed by atoms with van der Waals surface area (Å²) in [5.41, 5.74) is 0.325. The lowest BCUT2D eigenvalue weighted by atomic mass is 9.49. The Labute approximate surface area is 111 Å². The highest BCUT2D eigenvalue weighted by atomic mass is 32.2. The summed E-state index contributed by atoms with van der Waals surface area (Å²) in [5.74, 6) is 2.92. The van der Waals surface area contributed by atoms with Gasteiger partial charge in [-0.3, -0.25) is 0 Å². The van der Waals surface area contributed by atoms with Gasteiger partial charge in [0.05, 0.1) is 5.75 Å². The maximum atomic E-state index is 11.9. The summed E-state index contributed by atoms with van der Waals surface area (Å²) in [6.45, 7) is 2.51. The topological polar surface area (TPSA) is 37.4 Å². The molecule has 0 amide bonds. The van der Waals surface area contributed by atoms with Gasteiger partial charge in [0.15, 0.2) is 0 Å². The Balaban J connectivity index is 1.76. The fourth-order valence-corrected chi connectivity index (χ4v) is 6.19. The third-order valence-electron chi connectivity index (χ3n) is 5.56. The lowest BCUT2D eigenvalue weighted by molar-refractivity contribution is -0.0583. The zero-order chi connectivity index (χ0) is 13.0. The van der Waals surface area contributed by atoms with E-state index in [1.807, 2.05) is 0 Å². The molecule has 4 fully saturated rings. The van der Waals surface area contributed by atoms with Crippen molar-refractivity contribution < 1.29 is 8.42 Å². The molecule has 4 bridgehead atoms. The molecular weight excluding hydrogens is 246 g/mol. The zero-order valence-electron chi connectivity index (χ0n) is 11.6. The monoisotopic (exact) mass is 271 g/mol. The summed E-state index contributed by atoms with van der Waals surface area (Å²) in [6.07, 6.45) is 8.10. The SMILES string of the molecule is CCS(=O)(=O)N(C)CC12CC3CC(CC(C3)C1)C2. The molecule has 0 N–H and O–H groups in total. The molecule has 0 heterocycles. The maximum absolute atomic E-state index is 11.9. The lowest BCUT2D eigenvalue weighted by Gasteiger charge is -2.57. The molecule has 4 aliphatic carbocycles. The minimum absolute atomic E-state index is 0.232. The van der Waals surface area contributed by atoms with Crippen LogP contribution in [0.5, 0.6) is 0 Å². The van der Waals surface area contributed by atoms with Crippen LogP contribution < -0.4 is 0 Å². The molecule has 104 valence electrons. The van der Waals surface area contributed by atoms with Crippen LogP contribution in [-0.4, -0.2) is 32.1 Å². The molecular formula is C14H25NO2S. The van der Waals surface area contributed by atoms with Crippen molar-refractivity contribution in [2.45, 2.75) is 45.4 Å². The van der Waals surface area contributed by atoms with Crippen molar-refractivity contribution in [2.24, 2.45) is 23.2 Å². The van der Waals surface area contributed by atoms with Crippen LogP contribution in [0.15, 0.2) is 0 Å². The Kier molecular flexibility index (Phi) is 3.02. The van der Waals surface area contributed by atoms with Gasteiger partial charge in [-0.15, -0.1) is 0 Å². The van der Waals surface area contributed by atoms with E-state index in [1.165, 1.54) is 38.5 Å². The molecule has 0 aliphatic heterocycles. The Bertz CT molecular complexity index is 394. The van der Waals surface area contributed by atoms with E-state index >= 15 is 0 Å². The maximum Gasteiger partial charge on any atom is 0.213 e. The normalized spacial score (nSPS) is 42.7. The molecule has 0 unspecified atom stereocenters. The molecule has 0 aromatic heterocycles. The fraction of sp³-hybridized carbons (Fsp3) is 1.00. The summed E-state index contributed by atoms with van der Waals surface area (Å²) < 4.78 is 25.5. The van der Waals surface area contributed by atoms with Gasteiger partial charge in [0, 0.05) is 13.6 Å². The van der Waals surface area contributed by atoms with E-state index in [9.17, 15) is 8.42 Å². The third kappa shape index (κ3) is 2.11. The molecule has 0 saturated heterocycles. The van der Waals surface area contributed by atoms with Gasteiger partial charge in [0.25, 0.3) is 0 Å². The second-order valence-electron chi connectivity index (χ2n) is 7.07. The van der Waals surface area contributed by atoms with Crippen molar-refractivity contribution in [1.82, 2.24) is 4.31 Å². The first-order chi connectivity index (χ1) is 8.42. The zero-order valence-corrected chi connectivity index (χ0v) is 12.4. The molecule has 0 aromatic rings. The van der Waals surface area contributed by atoms with E-state index in [4.69, 9.17) is 0 Å². The average Bonchev–Trinajstić information content (AvgIpc) is 2.26. The van der Waals surface area contributed by atoms with Gasteiger partial charge in [0.1, 0.15) is 0 Å². The highest BCUT2D eigenvalue weighted by molar-refractivity contribution is 7.89. The van der Waals surface area contributed by atoms with Crippen LogP contribution in [0.4, 0.5) is 0 Å². The summed E-state index contributed by atoms with van der Waals surface area (Å²) in [4.78, 5) is 0. The van der Waals surface area contributed by atoms with Crippen LogP contribution in [0.2, 0.25) is 0 Å². The first-order valence-electron chi connectivity index (χ1n) is 7.36. The molecule has 18 heavy (non-hydrogen) atoms. The Morgan fingerprint density at radius 2 is 1.50 bits per heavy atom. The van der Waals surface area contributed by atoms with Crippen LogP contribution in [0.1, 0.15) is 45.4 Å². The number of sulfonamides is 1. The Hall–Kier alpha value is -0.0900. The summed E-state index contributed by atoms with van der Waals surface area (Å²) >= 11 is 0. The minimum Gasteiger partial charge on any atom is -0.212 e.